The van der Waals surface area contributed by atoms with Crippen molar-refractivity contribution in [3.63, 3.8) is 0 Å². The minimum absolute atomic E-state index is 0.639. The largest absolute Gasteiger partial charge is 0.495 e. The number of benzene rings is 1. The zero-order chi connectivity index (χ0) is 11.3. The fraction of sp³-hybridized carbons (Fsp3) is 0.455. The second-order valence-electron chi connectivity index (χ2n) is 3.40. The maximum Gasteiger partial charge on any atom is 0.137 e. The van der Waals surface area contributed by atoms with Crippen molar-refractivity contribution in [1.29, 1.82) is 0 Å². The van der Waals surface area contributed by atoms with E-state index >= 15 is 0 Å². The predicted molar refractivity (Wildman–Crippen MR) is 65.1 cm³/mol. The molecule has 84 valence electrons. The number of hydrogen-bond donors (Lipinski definition) is 0. The minimum atomic E-state index is 0.639. The normalized spacial score (nSPS) is 10.7. The molecule has 15 heavy (non-hydrogen) atoms. The molecular weight excluding hydrogens is 233 g/mol. The molecule has 0 aromatic heterocycles. The Morgan fingerprint density at radius 3 is 2.67 bits per heavy atom. The topological polar surface area (TPSA) is 12.5 Å². The van der Waals surface area contributed by atoms with E-state index in [1.165, 1.54) is 0 Å². The van der Waals surface area contributed by atoms with Crippen LogP contribution in [0.15, 0.2) is 18.2 Å². The van der Waals surface area contributed by atoms with Crippen molar-refractivity contribution in [1.82, 2.24) is 4.90 Å². The van der Waals surface area contributed by atoms with Crippen LogP contribution in [0.5, 0.6) is 5.75 Å². The van der Waals surface area contributed by atoms with E-state index in [-0.39, 0.29) is 0 Å². The Morgan fingerprint density at radius 1 is 1.40 bits per heavy atom. The summed E-state index contributed by atoms with van der Waals surface area (Å²) in [4.78, 5) is 2.14. The van der Waals surface area contributed by atoms with E-state index in [0.717, 1.165) is 18.7 Å². The SMILES string of the molecule is COc1ccc(CN(C)CCCl)cc1Cl. The maximum absolute atomic E-state index is 6.02. The van der Waals surface area contributed by atoms with E-state index in [2.05, 4.69) is 4.90 Å². The van der Waals surface area contributed by atoms with Crippen molar-refractivity contribution in [3.05, 3.63) is 28.8 Å². The minimum Gasteiger partial charge on any atom is -0.495 e. The highest BCUT2D eigenvalue weighted by molar-refractivity contribution is 6.32. The van der Waals surface area contributed by atoms with E-state index in [1.807, 2.05) is 25.2 Å². The summed E-state index contributed by atoms with van der Waals surface area (Å²) in [5, 5.41) is 0.647. The van der Waals surface area contributed by atoms with Crippen LogP contribution in [0.1, 0.15) is 5.56 Å². The van der Waals surface area contributed by atoms with Crippen LogP contribution in [-0.2, 0) is 6.54 Å². The number of hydrogen-bond acceptors (Lipinski definition) is 2. The molecule has 0 heterocycles. The first-order valence-electron chi connectivity index (χ1n) is 4.74. The average Bonchev–Trinajstić information content (AvgIpc) is 2.18. The molecule has 0 radical (unpaired) electrons. The fourth-order valence-corrected chi connectivity index (χ4v) is 1.91. The van der Waals surface area contributed by atoms with Crippen molar-refractivity contribution in [2.24, 2.45) is 0 Å². The first kappa shape index (κ1) is 12.6. The van der Waals surface area contributed by atoms with Gasteiger partial charge in [-0.25, -0.2) is 0 Å². The van der Waals surface area contributed by atoms with Gasteiger partial charge in [0, 0.05) is 19.0 Å². The van der Waals surface area contributed by atoms with Crippen LogP contribution in [0.25, 0.3) is 0 Å². The quantitative estimate of drug-likeness (QED) is 0.742. The van der Waals surface area contributed by atoms with Crippen LogP contribution in [0.3, 0.4) is 0 Å². The van der Waals surface area contributed by atoms with E-state index in [9.17, 15) is 0 Å². The Labute approximate surface area is 101 Å². The second-order valence-corrected chi connectivity index (χ2v) is 4.18. The maximum atomic E-state index is 6.02. The Bertz CT molecular complexity index is 317. The van der Waals surface area contributed by atoms with Gasteiger partial charge < -0.3 is 9.64 Å². The van der Waals surface area contributed by atoms with Gasteiger partial charge in [0.25, 0.3) is 0 Å². The molecule has 0 saturated heterocycles. The Kier molecular flexibility index (Phi) is 5.23. The summed E-state index contributed by atoms with van der Waals surface area (Å²) in [6.07, 6.45) is 0. The predicted octanol–water partition coefficient (Wildman–Crippen LogP) is 3.02. The van der Waals surface area contributed by atoms with E-state index < -0.39 is 0 Å². The smallest absolute Gasteiger partial charge is 0.137 e. The van der Waals surface area contributed by atoms with E-state index in [0.29, 0.717) is 16.7 Å². The van der Waals surface area contributed by atoms with Gasteiger partial charge in [0.05, 0.1) is 12.1 Å². The lowest BCUT2D eigenvalue weighted by Gasteiger charge is -2.15. The fourth-order valence-electron chi connectivity index (χ4n) is 1.34. The van der Waals surface area contributed by atoms with Crippen molar-refractivity contribution in [2.45, 2.75) is 6.54 Å². The number of rotatable bonds is 5. The standard InChI is InChI=1S/C11H15Cl2NO/c1-14(6-5-12)8-9-3-4-11(15-2)10(13)7-9/h3-4,7H,5-6,8H2,1-2H3. The van der Waals surface area contributed by atoms with Gasteiger partial charge in [-0.3, -0.25) is 0 Å². The van der Waals surface area contributed by atoms with Gasteiger partial charge in [0.2, 0.25) is 0 Å². The van der Waals surface area contributed by atoms with Gasteiger partial charge in [0.15, 0.2) is 0 Å². The molecule has 0 aliphatic rings. The third kappa shape index (κ3) is 3.90. The second kappa shape index (κ2) is 6.21. The Balaban J connectivity index is 2.66. The average molecular weight is 248 g/mol. The number of methoxy groups -OCH3 is 1. The summed E-state index contributed by atoms with van der Waals surface area (Å²) < 4.78 is 5.09. The first-order chi connectivity index (χ1) is 7.17. The molecule has 0 unspecified atom stereocenters. The molecule has 0 aliphatic carbocycles. The third-order valence-corrected chi connectivity index (χ3v) is 2.60. The van der Waals surface area contributed by atoms with Gasteiger partial charge in [-0.1, -0.05) is 17.7 Å². The molecule has 0 fully saturated rings. The molecular formula is C11H15Cl2NO. The molecule has 4 heteroatoms. The number of alkyl halides is 1. The summed E-state index contributed by atoms with van der Waals surface area (Å²) in [6.45, 7) is 1.71. The molecule has 0 saturated carbocycles. The summed E-state index contributed by atoms with van der Waals surface area (Å²) >= 11 is 11.7. The highest BCUT2D eigenvalue weighted by atomic mass is 35.5. The van der Waals surface area contributed by atoms with Gasteiger partial charge in [-0.2, -0.15) is 0 Å². The van der Waals surface area contributed by atoms with Crippen LogP contribution in [-0.4, -0.2) is 31.5 Å². The zero-order valence-corrected chi connectivity index (χ0v) is 10.5. The summed E-state index contributed by atoms with van der Waals surface area (Å²) in [7, 11) is 3.64. The number of halogens is 2. The zero-order valence-electron chi connectivity index (χ0n) is 8.96. The summed E-state index contributed by atoms with van der Waals surface area (Å²) in [5.74, 6) is 1.35. The van der Waals surface area contributed by atoms with E-state index in [1.54, 1.807) is 7.11 Å². The molecule has 1 aromatic carbocycles. The Morgan fingerprint density at radius 2 is 2.13 bits per heavy atom. The van der Waals surface area contributed by atoms with Crippen LogP contribution >= 0.6 is 23.2 Å². The van der Waals surface area contributed by atoms with Gasteiger partial charge in [0.1, 0.15) is 5.75 Å². The van der Waals surface area contributed by atoms with Crippen LogP contribution in [0, 0.1) is 0 Å². The molecule has 2 nitrogen and oxygen atoms in total. The molecule has 0 aliphatic heterocycles. The Hall–Kier alpha value is -0.440. The van der Waals surface area contributed by atoms with Crippen LogP contribution in [0.2, 0.25) is 5.02 Å². The molecule has 0 spiro atoms. The summed E-state index contributed by atoms with van der Waals surface area (Å²) in [5.41, 5.74) is 1.16. The molecule has 0 bridgehead atoms. The highest BCUT2D eigenvalue weighted by Gasteiger charge is 2.04. The number of ether oxygens (including phenoxy) is 1. The first-order valence-corrected chi connectivity index (χ1v) is 5.65. The monoisotopic (exact) mass is 247 g/mol. The van der Waals surface area contributed by atoms with Crippen LogP contribution in [0.4, 0.5) is 0 Å². The van der Waals surface area contributed by atoms with Gasteiger partial charge in [-0.15, -0.1) is 11.6 Å². The van der Waals surface area contributed by atoms with Crippen LogP contribution < -0.4 is 4.74 Å². The summed E-state index contributed by atoms with van der Waals surface area (Å²) in [6, 6.07) is 5.81. The molecule has 0 amide bonds. The molecule has 0 atom stereocenters. The van der Waals surface area contributed by atoms with Gasteiger partial charge in [-0.05, 0) is 24.7 Å². The van der Waals surface area contributed by atoms with E-state index in [4.69, 9.17) is 27.9 Å². The third-order valence-electron chi connectivity index (χ3n) is 2.13. The van der Waals surface area contributed by atoms with Crippen molar-refractivity contribution in [3.8, 4) is 5.75 Å². The van der Waals surface area contributed by atoms with Crippen molar-refractivity contribution >= 4 is 23.2 Å². The highest BCUT2D eigenvalue weighted by Crippen LogP contribution is 2.25. The number of nitrogens with zero attached hydrogens (tertiary/aromatic N) is 1. The van der Waals surface area contributed by atoms with Gasteiger partial charge >= 0.3 is 0 Å². The lowest BCUT2D eigenvalue weighted by molar-refractivity contribution is 0.347. The van der Waals surface area contributed by atoms with Crippen molar-refractivity contribution in [2.75, 3.05) is 26.6 Å². The van der Waals surface area contributed by atoms with Crippen molar-refractivity contribution < 1.29 is 4.74 Å². The molecule has 1 rings (SSSR count). The molecule has 1 aromatic rings. The lowest BCUT2D eigenvalue weighted by atomic mass is 10.2. The lowest BCUT2D eigenvalue weighted by Crippen LogP contribution is -2.19. The molecule has 0 N–H and O–H groups in total.